The zero-order valence-electron chi connectivity index (χ0n) is 9.34. The van der Waals surface area contributed by atoms with Crippen LogP contribution in [0.1, 0.15) is 15.9 Å². The molecule has 4 nitrogen and oxygen atoms in total. The molecule has 0 unspecified atom stereocenters. The summed E-state index contributed by atoms with van der Waals surface area (Å²) in [5.74, 6) is 0.0873. The van der Waals surface area contributed by atoms with Crippen molar-refractivity contribution in [3.05, 3.63) is 53.7 Å². The van der Waals surface area contributed by atoms with Crippen LogP contribution < -0.4 is 5.32 Å². The molecule has 0 spiro atoms. The van der Waals surface area contributed by atoms with Crippen LogP contribution in [0.5, 0.6) is 5.75 Å². The Hall–Kier alpha value is -2.36. The van der Waals surface area contributed by atoms with Crippen LogP contribution in [0.15, 0.2) is 42.6 Å². The molecule has 0 fully saturated rings. The summed E-state index contributed by atoms with van der Waals surface area (Å²) in [6, 6.07) is 10.0. The second-order valence-electron chi connectivity index (χ2n) is 3.64. The molecular formula is C13H12N2O2. The quantitative estimate of drug-likeness (QED) is 0.829. The van der Waals surface area contributed by atoms with Gasteiger partial charge in [-0.05, 0) is 30.7 Å². The predicted molar refractivity (Wildman–Crippen MR) is 65.0 cm³/mol. The Morgan fingerprint density at radius 1 is 1.24 bits per heavy atom. The van der Waals surface area contributed by atoms with Crippen LogP contribution in [0.2, 0.25) is 0 Å². The third kappa shape index (κ3) is 2.42. The van der Waals surface area contributed by atoms with Crippen molar-refractivity contribution in [2.24, 2.45) is 0 Å². The van der Waals surface area contributed by atoms with E-state index < -0.39 is 0 Å². The number of aromatic hydroxyl groups is 1. The van der Waals surface area contributed by atoms with Gasteiger partial charge in [0, 0.05) is 6.20 Å². The number of aryl methyl sites for hydroxylation is 1. The van der Waals surface area contributed by atoms with Crippen molar-refractivity contribution in [1.29, 1.82) is 0 Å². The maximum absolute atomic E-state index is 11.9. The van der Waals surface area contributed by atoms with Gasteiger partial charge in [-0.1, -0.05) is 18.2 Å². The van der Waals surface area contributed by atoms with Gasteiger partial charge < -0.3 is 10.4 Å². The second-order valence-corrected chi connectivity index (χ2v) is 3.64. The molecule has 0 aliphatic carbocycles. The van der Waals surface area contributed by atoms with E-state index in [1.807, 2.05) is 13.0 Å². The summed E-state index contributed by atoms with van der Waals surface area (Å²) >= 11 is 0. The van der Waals surface area contributed by atoms with Crippen LogP contribution in [0.3, 0.4) is 0 Å². The van der Waals surface area contributed by atoms with Crippen LogP contribution in [0.25, 0.3) is 0 Å². The van der Waals surface area contributed by atoms with E-state index in [2.05, 4.69) is 10.3 Å². The van der Waals surface area contributed by atoms with Gasteiger partial charge in [-0.25, -0.2) is 4.98 Å². The molecule has 2 aromatic rings. The first-order valence-electron chi connectivity index (χ1n) is 5.19. The summed E-state index contributed by atoms with van der Waals surface area (Å²) in [6.45, 7) is 1.85. The van der Waals surface area contributed by atoms with Gasteiger partial charge in [0.05, 0.1) is 5.56 Å². The minimum Gasteiger partial charge on any atom is -0.507 e. The van der Waals surface area contributed by atoms with Gasteiger partial charge in [0.1, 0.15) is 11.6 Å². The monoisotopic (exact) mass is 228 g/mol. The average molecular weight is 228 g/mol. The van der Waals surface area contributed by atoms with Gasteiger partial charge in [-0.2, -0.15) is 0 Å². The number of para-hydroxylation sites is 1. The summed E-state index contributed by atoms with van der Waals surface area (Å²) in [7, 11) is 0. The number of nitrogens with zero attached hydrogens (tertiary/aromatic N) is 1. The number of hydrogen-bond donors (Lipinski definition) is 2. The lowest BCUT2D eigenvalue weighted by Crippen LogP contribution is -2.13. The molecule has 0 aliphatic heterocycles. The normalized spacial score (nSPS) is 9.94. The number of rotatable bonds is 2. The number of hydrogen-bond acceptors (Lipinski definition) is 3. The third-order valence-corrected chi connectivity index (χ3v) is 2.39. The Kier molecular flexibility index (Phi) is 3.05. The van der Waals surface area contributed by atoms with Crippen molar-refractivity contribution in [3.8, 4) is 5.75 Å². The molecule has 17 heavy (non-hydrogen) atoms. The molecule has 0 radical (unpaired) electrons. The number of carbonyl (C=O) groups is 1. The Morgan fingerprint density at radius 2 is 2.00 bits per heavy atom. The molecule has 0 bridgehead atoms. The molecule has 86 valence electrons. The van der Waals surface area contributed by atoms with Gasteiger partial charge in [0.2, 0.25) is 0 Å². The molecule has 0 aliphatic rings. The largest absolute Gasteiger partial charge is 0.507 e. The number of amides is 1. The first-order chi connectivity index (χ1) is 8.18. The van der Waals surface area contributed by atoms with Crippen LogP contribution in [0.4, 0.5) is 5.82 Å². The number of anilines is 1. The van der Waals surface area contributed by atoms with Crippen LogP contribution in [-0.4, -0.2) is 16.0 Å². The average Bonchev–Trinajstić information content (AvgIpc) is 2.32. The zero-order valence-corrected chi connectivity index (χ0v) is 9.34. The zero-order chi connectivity index (χ0) is 12.3. The number of carbonyl (C=O) groups excluding carboxylic acids is 1. The summed E-state index contributed by atoms with van der Waals surface area (Å²) < 4.78 is 0. The highest BCUT2D eigenvalue weighted by Gasteiger charge is 2.11. The van der Waals surface area contributed by atoms with Crippen molar-refractivity contribution < 1.29 is 9.90 Å². The highest BCUT2D eigenvalue weighted by molar-refractivity contribution is 6.05. The van der Waals surface area contributed by atoms with Crippen molar-refractivity contribution in [2.75, 3.05) is 5.32 Å². The van der Waals surface area contributed by atoms with E-state index in [1.54, 1.807) is 30.5 Å². The molecule has 2 N–H and O–H groups in total. The van der Waals surface area contributed by atoms with Gasteiger partial charge in [0.15, 0.2) is 0 Å². The molecule has 1 heterocycles. The fourth-order valence-electron chi connectivity index (χ4n) is 1.46. The Bertz CT molecular complexity index is 553. The highest BCUT2D eigenvalue weighted by atomic mass is 16.3. The van der Waals surface area contributed by atoms with E-state index in [0.29, 0.717) is 5.82 Å². The number of benzene rings is 1. The first kappa shape index (κ1) is 11.1. The lowest BCUT2D eigenvalue weighted by atomic mass is 10.2. The fourth-order valence-corrected chi connectivity index (χ4v) is 1.46. The minimum absolute atomic E-state index is 0.0430. The van der Waals surface area contributed by atoms with Crippen LogP contribution >= 0.6 is 0 Å². The molecule has 1 amide bonds. The van der Waals surface area contributed by atoms with Crippen LogP contribution in [-0.2, 0) is 0 Å². The van der Waals surface area contributed by atoms with E-state index in [-0.39, 0.29) is 17.2 Å². The molecule has 4 heteroatoms. The summed E-state index contributed by atoms with van der Waals surface area (Å²) in [5.41, 5.74) is 1.11. The van der Waals surface area contributed by atoms with E-state index in [9.17, 15) is 9.90 Å². The number of phenols is 1. The summed E-state index contributed by atoms with van der Waals surface area (Å²) in [4.78, 5) is 15.9. The fraction of sp³-hybridized carbons (Fsp3) is 0.0769. The van der Waals surface area contributed by atoms with Gasteiger partial charge in [-0.3, -0.25) is 4.79 Å². The molecule has 0 saturated heterocycles. The first-order valence-corrected chi connectivity index (χ1v) is 5.19. The minimum atomic E-state index is -0.370. The number of nitrogens with one attached hydrogen (secondary N) is 1. The van der Waals surface area contributed by atoms with Crippen molar-refractivity contribution in [3.63, 3.8) is 0 Å². The number of phenolic OH excluding ortho intramolecular Hbond substituents is 1. The highest BCUT2D eigenvalue weighted by Crippen LogP contribution is 2.18. The molecular weight excluding hydrogens is 216 g/mol. The number of pyridine rings is 1. The smallest absolute Gasteiger partial charge is 0.260 e. The maximum atomic E-state index is 11.9. The Balaban J connectivity index is 2.24. The lowest BCUT2D eigenvalue weighted by Gasteiger charge is -2.07. The standard InChI is InChI=1S/C13H12N2O2/c1-9-5-4-8-14-12(9)15-13(17)10-6-2-3-7-11(10)16/h2-8,16H,1H3,(H,14,15,17). The number of aromatic nitrogens is 1. The Morgan fingerprint density at radius 3 is 2.71 bits per heavy atom. The topological polar surface area (TPSA) is 62.2 Å². The second kappa shape index (κ2) is 4.65. The Labute approximate surface area is 98.9 Å². The molecule has 0 atom stereocenters. The molecule has 2 rings (SSSR count). The van der Waals surface area contributed by atoms with E-state index >= 15 is 0 Å². The van der Waals surface area contributed by atoms with E-state index in [4.69, 9.17) is 0 Å². The lowest BCUT2D eigenvalue weighted by molar-refractivity contribution is 0.102. The predicted octanol–water partition coefficient (Wildman–Crippen LogP) is 2.35. The van der Waals surface area contributed by atoms with Gasteiger partial charge in [-0.15, -0.1) is 0 Å². The van der Waals surface area contributed by atoms with E-state index in [1.165, 1.54) is 6.07 Å². The van der Waals surface area contributed by atoms with E-state index in [0.717, 1.165) is 5.56 Å². The SMILES string of the molecule is Cc1cccnc1NC(=O)c1ccccc1O. The summed E-state index contributed by atoms with van der Waals surface area (Å²) in [6.07, 6.45) is 1.60. The third-order valence-electron chi connectivity index (χ3n) is 2.39. The van der Waals surface area contributed by atoms with Gasteiger partial charge >= 0.3 is 0 Å². The maximum Gasteiger partial charge on any atom is 0.260 e. The molecule has 0 saturated carbocycles. The summed E-state index contributed by atoms with van der Waals surface area (Å²) in [5, 5.41) is 12.2. The molecule has 1 aromatic heterocycles. The van der Waals surface area contributed by atoms with Crippen molar-refractivity contribution in [2.45, 2.75) is 6.92 Å². The van der Waals surface area contributed by atoms with Crippen LogP contribution in [0, 0.1) is 6.92 Å². The molecule has 1 aromatic carbocycles. The van der Waals surface area contributed by atoms with Crippen molar-refractivity contribution in [1.82, 2.24) is 4.98 Å². The van der Waals surface area contributed by atoms with Crippen molar-refractivity contribution >= 4 is 11.7 Å². The van der Waals surface area contributed by atoms with Gasteiger partial charge in [0.25, 0.3) is 5.91 Å².